The van der Waals surface area contributed by atoms with E-state index < -0.39 is 36.4 Å². The molecule has 0 aliphatic heterocycles. The summed E-state index contributed by atoms with van der Waals surface area (Å²) in [5.74, 6) is -8.32. The Bertz CT molecular complexity index is 485. The Morgan fingerprint density at radius 3 is 0.933 bits per heavy atom. The predicted molar refractivity (Wildman–Crippen MR) is 79.0 cm³/mol. The van der Waals surface area contributed by atoms with Gasteiger partial charge in [-0.25, -0.2) is 14.4 Å². The van der Waals surface area contributed by atoms with Gasteiger partial charge in [0.2, 0.25) is 5.91 Å². The maximum atomic E-state index is 10.6. The summed E-state index contributed by atoms with van der Waals surface area (Å²) in [5.41, 5.74) is 5.09. The van der Waals surface area contributed by atoms with Crippen molar-refractivity contribution >= 4 is 23.8 Å². The average Bonchev–Trinajstić information content (AvgIpc) is 2.51. The third-order valence-electron chi connectivity index (χ3n) is 2.26. The van der Waals surface area contributed by atoms with Gasteiger partial charge in [0.25, 0.3) is 0 Å². The summed E-state index contributed by atoms with van der Waals surface area (Å²) in [6.45, 7) is 4.05. The number of hydrogen-bond acceptors (Lipinski definition) is 4. The molecule has 0 saturated carbocycles. The first-order valence-electron chi connectivity index (χ1n) is 7.25. The van der Waals surface area contributed by atoms with Crippen molar-refractivity contribution in [3.63, 3.8) is 0 Å². The molecule has 0 heterocycles. The van der Waals surface area contributed by atoms with Crippen LogP contribution in [0.25, 0.3) is 0 Å². The Balaban J connectivity index is -0.000000151. The van der Waals surface area contributed by atoms with Crippen LogP contribution in [0.2, 0.25) is 0 Å². The number of rotatable bonds is 4. The highest BCUT2D eigenvalue weighted by molar-refractivity contribution is 5.76. The minimum Gasteiger partial charge on any atom is -0.475 e. The van der Waals surface area contributed by atoms with Crippen molar-refractivity contribution in [3.8, 4) is 0 Å². The molecule has 8 nitrogen and oxygen atoms in total. The summed E-state index contributed by atoms with van der Waals surface area (Å²) in [5, 5.41) is 21.4. The van der Waals surface area contributed by atoms with Crippen LogP contribution < -0.4 is 5.73 Å². The topological polar surface area (TPSA) is 155 Å². The number of carboxylic acids is 3. The van der Waals surface area contributed by atoms with Crippen LogP contribution in [0, 0.1) is 5.92 Å². The lowest BCUT2D eigenvalue weighted by Crippen LogP contribution is -2.22. The molecule has 0 aromatic heterocycles. The van der Waals surface area contributed by atoms with Crippen molar-refractivity contribution in [3.05, 3.63) is 0 Å². The van der Waals surface area contributed by atoms with Gasteiger partial charge in [0.15, 0.2) is 0 Å². The van der Waals surface area contributed by atoms with Crippen LogP contribution in [0.4, 0.5) is 39.5 Å². The van der Waals surface area contributed by atoms with Gasteiger partial charge in [-0.2, -0.15) is 39.5 Å². The van der Waals surface area contributed by atoms with Gasteiger partial charge in [0.1, 0.15) is 0 Å². The van der Waals surface area contributed by atoms with Gasteiger partial charge in [0, 0.05) is 5.92 Å². The van der Waals surface area contributed by atoms with E-state index in [9.17, 15) is 44.3 Å². The highest BCUT2D eigenvalue weighted by atomic mass is 19.4. The Morgan fingerprint density at radius 1 is 0.700 bits per heavy atom. The van der Waals surface area contributed by atoms with Crippen molar-refractivity contribution in [1.82, 2.24) is 0 Å². The van der Waals surface area contributed by atoms with Crippen LogP contribution in [-0.4, -0.2) is 57.7 Å². The van der Waals surface area contributed by atoms with E-state index in [0.717, 1.165) is 19.3 Å². The molecule has 0 spiro atoms. The van der Waals surface area contributed by atoms with Gasteiger partial charge in [-0.1, -0.05) is 20.3 Å². The summed E-state index contributed by atoms with van der Waals surface area (Å²) < 4.78 is 95.2. The predicted octanol–water partition coefficient (Wildman–Crippen LogP) is 3.20. The molecule has 30 heavy (non-hydrogen) atoms. The molecule has 0 aliphatic rings. The number of hydrogen-bond donors (Lipinski definition) is 4. The van der Waals surface area contributed by atoms with Crippen LogP contribution in [0.5, 0.6) is 0 Å². The normalized spacial score (nSPS) is 11.8. The Kier molecular flexibility index (Phi) is 17.5. The van der Waals surface area contributed by atoms with E-state index in [1.54, 1.807) is 0 Å². The fourth-order valence-corrected chi connectivity index (χ4v) is 0.896. The molecule has 17 heteroatoms. The molecule has 0 fully saturated rings. The maximum absolute atomic E-state index is 10.6. The fraction of sp³-hybridized carbons (Fsp3) is 0.692. The first kappa shape index (κ1) is 34.7. The summed E-state index contributed by atoms with van der Waals surface area (Å²) in [6.07, 6.45) is -12.4. The molecule has 0 rings (SSSR count). The van der Waals surface area contributed by atoms with E-state index in [2.05, 4.69) is 6.92 Å². The zero-order valence-electron chi connectivity index (χ0n) is 15.2. The monoisotopic (exact) mass is 471 g/mol. The third-order valence-corrected chi connectivity index (χ3v) is 2.26. The quantitative estimate of drug-likeness (QED) is 0.459. The zero-order chi connectivity index (χ0) is 25.5. The lowest BCUT2D eigenvalue weighted by molar-refractivity contribution is -0.193. The van der Waals surface area contributed by atoms with Crippen LogP contribution >= 0.6 is 0 Å². The number of carbonyl (C=O) groups excluding carboxylic acids is 1. The second kappa shape index (κ2) is 15.1. The second-order valence-electron chi connectivity index (χ2n) is 4.70. The molecule has 0 saturated heterocycles. The molecule has 0 aliphatic carbocycles. The number of amides is 1. The summed E-state index contributed by atoms with van der Waals surface area (Å²) in [6, 6.07) is 0. The Morgan fingerprint density at radius 2 is 0.900 bits per heavy atom. The lowest BCUT2D eigenvalue weighted by Gasteiger charge is -2.06. The van der Waals surface area contributed by atoms with Crippen molar-refractivity contribution in [2.24, 2.45) is 11.7 Å². The van der Waals surface area contributed by atoms with Crippen molar-refractivity contribution in [2.45, 2.75) is 51.6 Å². The van der Waals surface area contributed by atoms with Gasteiger partial charge in [0.05, 0.1) is 0 Å². The summed E-state index contributed by atoms with van der Waals surface area (Å²) in [4.78, 5) is 37.2. The molecule has 180 valence electrons. The molecule has 1 unspecified atom stereocenters. The van der Waals surface area contributed by atoms with E-state index >= 15 is 0 Å². The number of primary amides is 1. The highest BCUT2D eigenvalue weighted by Crippen LogP contribution is 2.14. The molecule has 0 aromatic carbocycles. The van der Waals surface area contributed by atoms with E-state index in [0.29, 0.717) is 0 Å². The van der Waals surface area contributed by atoms with E-state index in [1.807, 2.05) is 6.92 Å². The molecular weight excluding hydrogens is 453 g/mol. The van der Waals surface area contributed by atoms with Gasteiger partial charge < -0.3 is 21.1 Å². The van der Waals surface area contributed by atoms with Crippen molar-refractivity contribution < 1.29 is 74.0 Å². The molecule has 0 aromatic rings. The molecule has 5 N–H and O–H groups in total. The number of halogens is 9. The van der Waals surface area contributed by atoms with Gasteiger partial charge in [-0.15, -0.1) is 0 Å². The van der Waals surface area contributed by atoms with Crippen LogP contribution in [-0.2, 0) is 19.2 Å². The van der Waals surface area contributed by atoms with Crippen LogP contribution in [0.3, 0.4) is 0 Å². The first-order chi connectivity index (χ1) is 13.0. The number of carbonyl (C=O) groups is 4. The SMILES string of the molecule is CCCC(CC)C(N)=O.O=C(O)C(F)(F)F.O=C(O)C(F)(F)F.O=C(O)C(F)(F)F. The zero-order valence-corrected chi connectivity index (χ0v) is 15.2. The second-order valence-corrected chi connectivity index (χ2v) is 4.70. The van der Waals surface area contributed by atoms with Crippen LogP contribution in [0.15, 0.2) is 0 Å². The van der Waals surface area contributed by atoms with Gasteiger partial charge in [-0.05, 0) is 12.8 Å². The molecular formula is C13H18F9NO7. The number of carboxylic acid groups (broad SMARTS) is 3. The number of aliphatic carboxylic acids is 3. The average molecular weight is 471 g/mol. The number of alkyl halides is 9. The minimum atomic E-state index is -5.08. The Hall–Kier alpha value is -2.75. The van der Waals surface area contributed by atoms with Crippen LogP contribution in [0.1, 0.15) is 33.1 Å². The Labute approximate surface area is 162 Å². The smallest absolute Gasteiger partial charge is 0.475 e. The fourth-order valence-electron chi connectivity index (χ4n) is 0.896. The lowest BCUT2D eigenvalue weighted by atomic mass is 10.0. The minimum absolute atomic E-state index is 0.106. The van der Waals surface area contributed by atoms with E-state index in [-0.39, 0.29) is 11.8 Å². The van der Waals surface area contributed by atoms with Crippen molar-refractivity contribution in [1.29, 1.82) is 0 Å². The molecule has 0 radical (unpaired) electrons. The van der Waals surface area contributed by atoms with Crippen molar-refractivity contribution in [2.75, 3.05) is 0 Å². The third kappa shape index (κ3) is 25.2. The van der Waals surface area contributed by atoms with Gasteiger partial charge >= 0.3 is 36.4 Å². The van der Waals surface area contributed by atoms with E-state index in [4.69, 9.17) is 35.4 Å². The summed E-state index contributed by atoms with van der Waals surface area (Å²) >= 11 is 0. The highest BCUT2D eigenvalue weighted by Gasteiger charge is 2.39. The molecule has 1 atom stereocenters. The van der Waals surface area contributed by atoms with E-state index in [1.165, 1.54) is 0 Å². The largest absolute Gasteiger partial charge is 0.490 e. The maximum Gasteiger partial charge on any atom is 0.490 e. The summed E-state index contributed by atoms with van der Waals surface area (Å²) in [7, 11) is 0. The molecule has 1 amide bonds. The first-order valence-corrected chi connectivity index (χ1v) is 7.25. The van der Waals surface area contributed by atoms with Gasteiger partial charge in [-0.3, -0.25) is 4.79 Å². The standard InChI is InChI=1S/C7H15NO.3C2HF3O2/c1-3-5-6(4-2)7(8)9;3*3-2(4,5)1(6)7/h6H,3-5H2,1-2H3,(H2,8,9);3*(H,6,7). The molecule has 0 bridgehead atoms. The number of nitrogens with two attached hydrogens (primary N) is 1.